The Balaban J connectivity index is 1.96. The number of rotatable bonds is 10. The van der Waals surface area contributed by atoms with Crippen molar-refractivity contribution in [2.45, 2.75) is 51.0 Å². The standard InChI is InChI=1S/C14H29NO2/c1-15-14(13-7-3-4-8-13)9-5-6-10-17-12-11-16-2/h13-15H,3-12H2,1-2H3. The first-order valence-corrected chi connectivity index (χ1v) is 7.12. The Morgan fingerprint density at radius 2 is 1.88 bits per heavy atom. The average Bonchev–Trinajstić information content (AvgIpc) is 2.86. The highest BCUT2D eigenvalue weighted by atomic mass is 16.5. The molecule has 1 unspecified atom stereocenters. The van der Waals surface area contributed by atoms with Crippen LogP contribution in [0.1, 0.15) is 44.9 Å². The van der Waals surface area contributed by atoms with Gasteiger partial charge in [0.2, 0.25) is 0 Å². The molecule has 0 amide bonds. The summed E-state index contributed by atoms with van der Waals surface area (Å²) >= 11 is 0. The fourth-order valence-corrected chi connectivity index (χ4v) is 2.79. The smallest absolute Gasteiger partial charge is 0.0700 e. The first kappa shape index (κ1) is 14.9. The predicted molar refractivity (Wildman–Crippen MR) is 71.4 cm³/mol. The molecule has 0 spiro atoms. The Kier molecular flexibility index (Phi) is 8.67. The van der Waals surface area contributed by atoms with Gasteiger partial charge in [-0.15, -0.1) is 0 Å². The van der Waals surface area contributed by atoms with Gasteiger partial charge in [0.05, 0.1) is 13.2 Å². The zero-order valence-electron chi connectivity index (χ0n) is 11.5. The van der Waals surface area contributed by atoms with Crippen LogP contribution in [0.15, 0.2) is 0 Å². The molecule has 3 heteroatoms. The Morgan fingerprint density at radius 1 is 1.12 bits per heavy atom. The summed E-state index contributed by atoms with van der Waals surface area (Å²) in [7, 11) is 3.82. The number of nitrogens with one attached hydrogen (secondary N) is 1. The van der Waals surface area contributed by atoms with Crippen LogP contribution in [0.3, 0.4) is 0 Å². The van der Waals surface area contributed by atoms with Gasteiger partial charge in [0.15, 0.2) is 0 Å². The number of ether oxygens (including phenoxy) is 2. The number of hydrogen-bond acceptors (Lipinski definition) is 3. The highest BCUT2D eigenvalue weighted by Gasteiger charge is 2.22. The molecule has 1 atom stereocenters. The number of methoxy groups -OCH3 is 1. The van der Waals surface area contributed by atoms with E-state index in [-0.39, 0.29) is 0 Å². The Labute approximate surface area is 106 Å². The van der Waals surface area contributed by atoms with Gasteiger partial charge in [0.25, 0.3) is 0 Å². The van der Waals surface area contributed by atoms with Crippen molar-refractivity contribution >= 4 is 0 Å². The molecule has 1 aliphatic carbocycles. The Hall–Kier alpha value is -0.120. The summed E-state index contributed by atoms with van der Waals surface area (Å²) in [6, 6.07) is 0.733. The largest absolute Gasteiger partial charge is 0.382 e. The van der Waals surface area contributed by atoms with Gasteiger partial charge in [0.1, 0.15) is 0 Å². The third kappa shape index (κ3) is 6.39. The topological polar surface area (TPSA) is 30.5 Å². The summed E-state index contributed by atoms with van der Waals surface area (Å²) in [5.74, 6) is 0.925. The van der Waals surface area contributed by atoms with Gasteiger partial charge >= 0.3 is 0 Å². The molecule has 102 valence electrons. The molecular weight excluding hydrogens is 214 g/mol. The molecule has 1 saturated carbocycles. The van der Waals surface area contributed by atoms with E-state index in [1.165, 1.54) is 44.9 Å². The van der Waals surface area contributed by atoms with E-state index in [0.29, 0.717) is 6.61 Å². The molecular formula is C14H29NO2. The average molecular weight is 243 g/mol. The normalized spacial score (nSPS) is 18.7. The maximum absolute atomic E-state index is 5.47. The minimum absolute atomic E-state index is 0.710. The maximum Gasteiger partial charge on any atom is 0.0700 e. The van der Waals surface area contributed by atoms with E-state index in [9.17, 15) is 0 Å². The van der Waals surface area contributed by atoms with Gasteiger partial charge in [-0.25, -0.2) is 0 Å². The van der Waals surface area contributed by atoms with Crippen LogP contribution < -0.4 is 5.32 Å². The second kappa shape index (κ2) is 9.86. The third-order valence-electron chi connectivity index (χ3n) is 3.83. The van der Waals surface area contributed by atoms with Crippen molar-refractivity contribution in [1.29, 1.82) is 0 Å². The van der Waals surface area contributed by atoms with Crippen molar-refractivity contribution in [3.63, 3.8) is 0 Å². The summed E-state index contributed by atoms with van der Waals surface area (Å²) in [5, 5.41) is 3.49. The van der Waals surface area contributed by atoms with E-state index < -0.39 is 0 Å². The first-order valence-electron chi connectivity index (χ1n) is 7.12. The zero-order chi connectivity index (χ0) is 12.3. The van der Waals surface area contributed by atoms with Crippen molar-refractivity contribution in [2.24, 2.45) is 5.92 Å². The third-order valence-corrected chi connectivity index (χ3v) is 3.83. The van der Waals surface area contributed by atoms with Gasteiger partial charge in [0, 0.05) is 19.8 Å². The van der Waals surface area contributed by atoms with Gasteiger partial charge in [-0.1, -0.05) is 12.8 Å². The second-order valence-corrected chi connectivity index (χ2v) is 5.04. The van der Waals surface area contributed by atoms with Gasteiger partial charge < -0.3 is 14.8 Å². The van der Waals surface area contributed by atoms with E-state index in [2.05, 4.69) is 12.4 Å². The lowest BCUT2D eigenvalue weighted by Gasteiger charge is -2.22. The minimum atomic E-state index is 0.710. The van der Waals surface area contributed by atoms with Crippen molar-refractivity contribution in [2.75, 3.05) is 34.0 Å². The molecule has 17 heavy (non-hydrogen) atoms. The van der Waals surface area contributed by atoms with E-state index in [1.54, 1.807) is 7.11 Å². The van der Waals surface area contributed by atoms with Crippen LogP contribution >= 0.6 is 0 Å². The van der Waals surface area contributed by atoms with E-state index in [0.717, 1.165) is 25.2 Å². The highest BCUT2D eigenvalue weighted by Crippen LogP contribution is 2.29. The highest BCUT2D eigenvalue weighted by molar-refractivity contribution is 4.79. The monoisotopic (exact) mass is 243 g/mol. The van der Waals surface area contributed by atoms with Crippen LogP contribution in [0.5, 0.6) is 0 Å². The van der Waals surface area contributed by atoms with Crippen LogP contribution in [-0.2, 0) is 9.47 Å². The molecule has 1 rings (SSSR count). The van der Waals surface area contributed by atoms with Crippen molar-refractivity contribution in [1.82, 2.24) is 5.32 Å². The summed E-state index contributed by atoms with van der Waals surface area (Å²) in [5.41, 5.74) is 0. The second-order valence-electron chi connectivity index (χ2n) is 5.04. The minimum Gasteiger partial charge on any atom is -0.382 e. The number of unbranched alkanes of at least 4 members (excludes halogenated alkanes) is 1. The lowest BCUT2D eigenvalue weighted by Crippen LogP contribution is -2.32. The molecule has 0 saturated heterocycles. The van der Waals surface area contributed by atoms with Crippen LogP contribution in [0.2, 0.25) is 0 Å². The molecule has 0 aromatic rings. The van der Waals surface area contributed by atoms with Crippen LogP contribution in [-0.4, -0.2) is 40.0 Å². The quantitative estimate of drug-likeness (QED) is 0.598. The summed E-state index contributed by atoms with van der Waals surface area (Å²) < 4.78 is 10.4. The molecule has 3 nitrogen and oxygen atoms in total. The molecule has 0 aromatic carbocycles. The van der Waals surface area contributed by atoms with Gasteiger partial charge in [-0.2, -0.15) is 0 Å². The van der Waals surface area contributed by atoms with Crippen molar-refractivity contribution < 1.29 is 9.47 Å². The molecule has 0 aromatic heterocycles. The summed E-state index contributed by atoms with van der Waals surface area (Å²) in [6.07, 6.45) is 9.47. The predicted octanol–water partition coefficient (Wildman–Crippen LogP) is 2.60. The van der Waals surface area contributed by atoms with Crippen molar-refractivity contribution in [3.05, 3.63) is 0 Å². The molecule has 1 aliphatic rings. The van der Waals surface area contributed by atoms with Crippen LogP contribution in [0, 0.1) is 5.92 Å². The zero-order valence-corrected chi connectivity index (χ0v) is 11.5. The molecule has 1 fully saturated rings. The van der Waals surface area contributed by atoms with E-state index in [1.807, 2.05) is 0 Å². The fourth-order valence-electron chi connectivity index (χ4n) is 2.79. The van der Waals surface area contributed by atoms with Gasteiger partial charge in [-0.05, 0) is 45.1 Å². The molecule has 1 N–H and O–H groups in total. The lowest BCUT2D eigenvalue weighted by molar-refractivity contribution is 0.0681. The van der Waals surface area contributed by atoms with Crippen LogP contribution in [0.4, 0.5) is 0 Å². The maximum atomic E-state index is 5.47. The van der Waals surface area contributed by atoms with E-state index >= 15 is 0 Å². The SMILES string of the molecule is CNC(CCCCOCCOC)C1CCCC1. The molecule has 0 bridgehead atoms. The Morgan fingerprint density at radius 3 is 2.53 bits per heavy atom. The summed E-state index contributed by atoms with van der Waals surface area (Å²) in [6.45, 7) is 2.32. The molecule has 0 heterocycles. The van der Waals surface area contributed by atoms with Gasteiger partial charge in [-0.3, -0.25) is 0 Å². The Bertz CT molecular complexity index is 170. The van der Waals surface area contributed by atoms with Crippen LogP contribution in [0.25, 0.3) is 0 Å². The lowest BCUT2D eigenvalue weighted by atomic mass is 9.94. The molecule has 0 aliphatic heterocycles. The van der Waals surface area contributed by atoms with Crippen molar-refractivity contribution in [3.8, 4) is 0 Å². The molecule has 0 radical (unpaired) electrons. The van der Waals surface area contributed by atoms with E-state index in [4.69, 9.17) is 9.47 Å². The fraction of sp³-hybridized carbons (Fsp3) is 1.00. The number of hydrogen-bond donors (Lipinski definition) is 1. The summed E-state index contributed by atoms with van der Waals surface area (Å²) in [4.78, 5) is 0. The first-order chi connectivity index (χ1) is 8.38.